The number of nitrogens with one attached hydrogen (secondary N) is 1. The quantitative estimate of drug-likeness (QED) is 0.265. The summed E-state index contributed by atoms with van der Waals surface area (Å²) in [5.74, 6) is 2.76. The highest BCUT2D eigenvalue weighted by Crippen LogP contribution is 2.33. The van der Waals surface area contributed by atoms with Crippen molar-refractivity contribution in [3.8, 4) is 11.5 Å². The maximum absolute atomic E-state index is 13.3. The Morgan fingerprint density at radius 1 is 1.00 bits per heavy atom. The van der Waals surface area contributed by atoms with Crippen molar-refractivity contribution < 1.29 is 13.9 Å². The molecular formula is C29H32N6O4. The number of aromatic nitrogens is 5. The van der Waals surface area contributed by atoms with Gasteiger partial charge in [0.2, 0.25) is 0 Å². The van der Waals surface area contributed by atoms with Crippen LogP contribution in [0, 0.1) is 5.92 Å². The summed E-state index contributed by atoms with van der Waals surface area (Å²) in [6, 6.07) is 19.3. The molecule has 0 spiro atoms. The first-order valence-corrected chi connectivity index (χ1v) is 12.8. The van der Waals surface area contributed by atoms with Gasteiger partial charge in [0, 0.05) is 30.1 Å². The molecule has 0 saturated carbocycles. The first-order chi connectivity index (χ1) is 19.0. The van der Waals surface area contributed by atoms with E-state index in [9.17, 15) is 4.79 Å². The van der Waals surface area contributed by atoms with Crippen molar-refractivity contribution in [3.63, 3.8) is 0 Å². The van der Waals surface area contributed by atoms with Crippen LogP contribution in [0.1, 0.15) is 42.6 Å². The number of aromatic amines is 1. The normalized spacial score (nSPS) is 12.4. The Kier molecular flexibility index (Phi) is 7.74. The van der Waals surface area contributed by atoms with Gasteiger partial charge in [-0.2, -0.15) is 0 Å². The second-order valence-corrected chi connectivity index (χ2v) is 9.77. The fraction of sp³-hybridized carbons (Fsp3) is 0.310. The molecule has 5 rings (SSSR count). The largest absolute Gasteiger partial charge is 0.493 e. The molecular weight excluding hydrogens is 496 g/mol. The molecule has 2 aromatic carbocycles. The summed E-state index contributed by atoms with van der Waals surface area (Å²) in [5.41, 5.74) is 2.27. The van der Waals surface area contributed by atoms with Crippen molar-refractivity contribution in [2.45, 2.75) is 39.5 Å². The van der Waals surface area contributed by atoms with Crippen LogP contribution >= 0.6 is 0 Å². The topological polar surface area (TPSA) is 111 Å². The lowest BCUT2D eigenvalue weighted by Crippen LogP contribution is -2.35. The SMILES string of the molecule is COc1cc2cc(CN(Cc3ccccc3)[C@@H](c3nnnn3Cc3ccco3)C(C)C)c(=O)[nH]c2cc1OC. The number of hydrogen-bond donors (Lipinski definition) is 1. The first kappa shape index (κ1) is 26.2. The van der Waals surface area contributed by atoms with Crippen LogP contribution in [0.5, 0.6) is 11.5 Å². The highest BCUT2D eigenvalue weighted by atomic mass is 16.5. The molecule has 1 atom stereocenters. The number of tetrazole rings is 1. The van der Waals surface area contributed by atoms with Crippen LogP contribution in [0.25, 0.3) is 10.9 Å². The lowest BCUT2D eigenvalue weighted by Gasteiger charge is -2.33. The monoisotopic (exact) mass is 528 g/mol. The third-order valence-electron chi connectivity index (χ3n) is 6.76. The van der Waals surface area contributed by atoms with E-state index in [4.69, 9.17) is 13.9 Å². The van der Waals surface area contributed by atoms with E-state index in [1.807, 2.05) is 42.5 Å². The number of benzene rings is 2. The number of H-pyrrole nitrogens is 1. The highest BCUT2D eigenvalue weighted by Gasteiger charge is 2.30. The number of furan rings is 1. The Bertz CT molecular complexity index is 1580. The van der Waals surface area contributed by atoms with Gasteiger partial charge < -0.3 is 18.9 Å². The van der Waals surface area contributed by atoms with Gasteiger partial charge in [-0.1, -0.05) is 44.2 Å². The van der Waals surface area contributed by atoms with E-state index in [1.165, 1.54) is 0 Å². The van der Waals surface area contributed by atoms with E-state index in [-0.39, 0.29) is 17.5 Å². The van der Waals surface area contributed by atoms with E-state index in [0.29, 0.717) is 48.0 Å². The van der Waals surface area contributed by atoms with Crippen molar-refractivity contribution >= 4 is 10.9 Å². The molecule has 0 amide bonds. The second-order valence-electron chi connectivity index (χ2n) is 9.77. The zero-order chi connectivity index (χ0) is 27.4. The summed E-state index contributed by atoms with van der Waals surface area (Å²) in [6.07, 6.45) is 1.64. The van der Waals surface area contributed by atoms with Crippen LogP contribution in [-0.4, -0.2) is 44.3 Å². The molecule has 0 fully saturated rings. The Balaban J connectivity index is 1.56. The number of hydrogen-bond acceptors (Lipinski definition) is 8. The number of rotatable bonds is 11. The molecule has 0 aliphatic carbocycles. The van der Waals surface area contributed by atoms with Crippen molar-refractivity contribution in [3.05, 3.63) is 100.0 Å². The first-order valence-electron chi connectivity index (χ1n) is 12.8. The summed E-state index contributed by atoms with van der Waals surface area (Å²) in [5, 5.41) is 13.5. The zero-order valence-electron chi connectivity index (χ0n) is 22.5. The van der Waals surface area contributed by atoms with Crippen molar-refractivity contribution in [2.24, 2.45) is 5.92 Å². The maximum Gasteiger partial charge on any atom is 0.252 e. The van der Waals surface area contributed by atoms with Crippen LogP contribution in [-0.2, 0) is 19.6 Å². The Morgan fingerprint density at radius 3 is 2.46 bits per heavy atom. The van der Waals surface area contributed by atoms with E-state index in [2.05, 4.69) is 51.4 Å². The molecule has 0 unspecified atom stereocenters. The molecule has 0 radical (unpaired) electrons. The minimum absolute atomic E-state index is 0.138. The van der Waals surface area contributed by atoms with E-state index in [0.717, 1.165) is 16.7 Å². The van der Waals surface area contributed by atoms with Gasteiger partial charge in [-0.3, -0.25) is 9.69 Å². The molecule has 39 heavy (non-hydrogen) atoms. The average Bonchev–Trinajstić information content (AvgIpc) is 3.62. The molecule has 1 N–H and O–H groups in total. The number of nitrogens with zero attached hydrogens (tertiary/aromatic N) is 5. The van der Waals surface area contributed by atoms with Crippen LogP contribution in [0.4, 0.5) is 0 Å². The van der Waals surface area contributed by atoms with Gasteiger partial charge in [-0.25, -0.2) is 4.68 Å². The van der Waals surface area contributed by atoms with Crippen molar-refractivity contribution in [1.29, 1.82) is 0 Å². The number of ether oxygens (including phenoxy) is 2. The smallest absolute Gasteiger partial charge is 0.252 e. The third kappa shape index (κ3) is 5.70. The van der Waals surface area contributed by atoms with E-state index in [1.54, 1.807) is 31.2 Å². The molecule has 0 bridgehead atoms. The number of methoxy groups -OCH3 is 2. The lowest BCUT2D eigenvalue weighted by atomic mass is 9.99. The van der Waals surface area contributed by atoms with E-state index >= 15 is 0 Å². The lowest BCUT2D eigenvalue weighted by molar-refractivity contribution is 0.125. The van der Waals surface area contributed by atoms with Gasteiger partial charge in [0.1, 0.15) is 12.3 Å². The van der Waals surface area contributed by atoms with Gasteiger partial charge in [0.15, 0.2) is 17.3 Å². The standard InChI is InChI=1S/C29H32N6O4/c1-19(2)27(28-31-32-33-35(28)18-23-11-8-12-39-23)34(16-20-9-6-5-7-10-20)17-22-13-21-14-25(37-3)26(38-4)15-24(21)30-29(22)36/h5-15,19,27H,16-18H2,1-4H3,(H,30,36)/t27-/m1/s1. The van der Waals surface area contributed by atoms with Gasteiger partial charge in [-0.05, 0) is 46.2 Å². The second kappa shape index (κ2) is 11.5. The van der Waals surface area contributed by atoms with Crippen LogP contribution < -0.4 is 15.0 Å². The molecule has 0 aliphatic heterocycles. The fourth-order valence-electron chi connectivity index (χ4n) is 4.95. The van der Waals surface area contributed by atoms with Crippen molar-refractivity contribution in [2.75, 3.05) is 14.2 Å². The van der Waals surface area contributed by atoms with Gasteiger partial charge in [0.05, 0.1) is 32.0 Å². The van der Waals surface area contributed by atoms with Crippen LogP contribution in [0.2, 0.25) is 0 Å². The van der Waals surface area contributed by atoms with Gasteiger partial charge in [0.25, 0.3) is 5.56 Å². The highest BCUT2D eigenvalue weighted by molar-refractivity contribution is 5.83. The predicted molar refractivity (Wildman–Crippen MR) is 147 cm³/mol. The third-order valence-corrected chi connectivity index (χ3v) is 6.76. The van der Waals surface area contributed by atoms with Gasteiger partial charge in [-0.15, -0.1) is 5.10 Å². The van der Waals surface area contributed by atoms with Crippen molar-refractivity contribution in [1.82, 2.24) is 30.1 Å². The maximum atomic E-state index is 13.3. The summed E-state index contributed by atoms with van der Waals surface area (Å²) in [7, 11) is 3.17. The Morgan fingerprint density at radius 2 is 1.77 bits per heavy atom. The predicted octanol–water partition coefficient (Wildman–Crippen LogP) is 4.57. The summed E-state index contributed by atoms with van der Waals surface area (Å²) < 4.78 is 18.2. The fourth-order valence-corrected chi connectivity index (χ4v) is 4.95. The molecule has 5 aromatic rings. The molecule has 202 valence electrons. The molecule has 0 aliphatic rings. The molecule has 3 aromatic heterocycles. The zero-order valence-corrected chi connectivity index (χ0v) is 22.5. The number of pyridine rings is 1. The van der Waals surface area contributed by atoms with Crippen LogP contribution in [0.15, 0.2) is 76.1 Å². The summed E-state index contributed by atoms with van der Waals surface area (Å²) in [4.78, 5) is 18.6. The molecule has 10 nitrogen and oxygen atoms in total. The van der Waals surface area contributed by atoms with Crippen LogP contribution in [0.3, 0.4) is 0 Å². The number of fused-ring (bicyclic) bond motifs is 1. The van der Waals surface area contributed by atoms with E-state index < -0.39 is 0 Å². The average molecular weight is 529 g/mol. The van der Waals surface area contributed by atoms with Gasteiger partial charge >= 0.3 is 0 Å². The minimum Gasteiger partial charge on any atom is -0.493 e. The summed E-state index contributed by atoms with van der Waals surface area (Å²) >= 11 is 0. The summed E-state index contributed by atoms with van der Waals surface area (Å²) in [6.45, 7) is 5.66. The molecule has 3 heterocycles. The molecule has 10 heteroatoms. The minimum atomic E-state index is -0.185. The molecule has 0 saturated heterocycles. The Labute approximate surface area is 226 Å². The Hall–Kier alpha value is -4.44.